The smallest absolute Gasteiger partial charge is 0.269 e. The van der Waals surface area contributed by atoms with Gasteiger partial charge >= 0.3 is 0 Å². The number of aromatic nitrogens is 1. The van der Waals surface area contributed by atoms with Crippen molar-refractivity contribution in [2.24, 2.45) is 0 Å². The summed E-state index contributed by atoms with van der Waals surface area (Å²) in [6.07, 6.45) is 1.05. The van der Waals surface area contributed by atoms with E-state index in [4.69, 9.17) is 16.7 Å². The average molecular weight is 258 g/mol. The van der Waals surface area contributed by atoms with Gasteiger partial charge in [-0.15, -0.1) is 0 Å². The van der Waals surface area contributed by atoms with Gasteiger partial charge in [0.25, 0.3) is 5.91 Å². The zero-order valence-corrected chi connectivity index (χ0v) is 10.4. The van der Waals surface area contributed by atoms with E-state index < -0.39 is 0 Å². The number of nitrogens with zero attached hydrogens (tertiary/aromatic N) is 1. The number of halogens is 1. The van der Waals surface area contributed by atoms with Crippen molar-refractivity contribution in [1.82, 2.24) is 15.6 Å². The highest BCUT2D eigenvalue weighted by Gasteiger charge is 2.05. The molecule has 0 aliphatic heterocycles. The maximum atomic E-state index is 11.6. The molecule has 0 saturated heterocycles. The summed E-state index contributed by atoms with van der Waals surface area (Å²) >= 11 is 5.66. The summed E-state index contributed by atoms with van der Waals surface area (Å²) in [4.78, 5) is 15.5. The molecule has 0 aliphatic rings. The van der Waals surface area contributed by atoms with E-state index in [9.17, 15) is 4.79 Å². The minimum absolute atomic E-state index is 0.236. The molecule has 1 amide bonds. The monoisotopic (exact) mass is 257 g/mol. The molecule has 1 atom stereocenters. The molecule has 0 spiro atoms. The van der Waals surface area contributed by atoms with Crippen LogP contribution in [0.15, 0.2) is 18.3 Å². The Kier molecular flexibility index (Phi) is 5.90. The highest BCUT2D eigenvalue weighted by Crippen LogP contribution is 2.05. The van der Waals surface area contributed by atoms with Crippen LogP contribution in [0.3, 0.4) is 0 Å². The number of carbonyl (C=O) groups is 1. The molecule has 1 unspecified atom stereocenters. The summed E-state index contributed by atoms with van der Waals surface area (Å²) < 4.78 is 0. The summed E-state index contributed by atoms with van der Waals surface area (Å²) in [5.41, 5.74) is 0.338. The van der Waals surface area contributed by atoms with Gasteiger partial charge in [-0.05, 0) is 19.1 Å². The summed E-state index contributed by atoms with van der Waals surface area (Å²) in [6, 6.07) is 3.19. The topological polar surface area (TPSA) is 74.2 Å². The van der Waals surface area contributed by atoms with Crippen LogP contribution < -0.4 is 10.6 Å². The van der Waals surface area contributed by atoms with Gasteiger partial charge in [0.15, 0.2) is 0 Å². The van der Waals surface area contributed by atoms with Crippen LogP contribution in [0.2, 0.25) is 5.02 Å². The van der Waals surface area contributed by atoms with Crippen LogP contribution in [0.4, 0.5) is 0 Å². The van der Waals surface area contributed by atoms with E-state index in [0.717, 1.165) is 0 Å². The predicted molar refractivity (Wildman–Crippen MR) is 66.1 cm³/mol. The summed E-state index contributed by atoms with van der Waals surface area (Å²) in [5.74, 6) is -0.236. The minimum Gasteiger partial charge on any atom is -0.392 e. The third kappa shape index (κ3) is 5.63. The molecule has 3 N–H and O–H groups in total. The van der Waals surface area contributed by atoms with Gasteiger partial charge in [-0.25, -0.2) is 4.98 Å². The Labute approximate surface area is 105 Å². The standard InChI is InChI=1S/C11H16ClN3O2/c1-8(16)6-13-4-5-14-11(17)10-3-2-9(12)7-15-10/h2-3,7-8,13,16H,4-6H2,1H3,(H,14,17). The largest absolute Gasteiger partial charge is 0.392 e. The van der Waals surface area contributed by atoms with E-state index in [0.29, 0.717) is 30.4 Å². The summed E-state index contributed by atoms with van der Waals surface area (Å²) in [6.45, 7) is 3.29. The molecule has 1 aromatic heterocycles. The highest BCUT2D eigenvalue weighted by molar-refractivity contribution is 6.30. The summed E-state index contributed by atoms with van der Waals surface area (Å²) in [7, 11) is 0. The second-order valence-corrected chi connectivity index (χ2v) is 4.11. The zero-order valence-electron chi connectivity index (χ0n) is 9.61. The fraction of sp³-hybridized carbons (Fsp3) is 0.455. The van der Waals surface area contributed by atoms with Gasteiger partial charge in [0.2, 0.25) is 0 Å². The molecule has 1 aromatic rings. The van der Waals surface area contributed by atoms with E-state index in [2.05, 4.69) is 15.6 Å². The van der Waals surface area contributed by atoms with Crippen molar-refractivity contribution in [3.63, 3.8) is 0 Å². The first-order valence-electron chi connectivity index (χ1n) is 5.38. The molecule has 94 valence electrons. The normalized spacial score (nSPS) is 12.2. The number of carbonyl (C=O) groups excluding carboxylic acids is 1. The maximum Gasteiger partial charge on any atom is 0.269 e. The third-order valence-corrected chi connectivity index (χ3v) is 2.21. The van der Waals surface area contributed by atoms with Crippen molar-refractivity contribution < 1.29 is 9.90 Å². The van der Waals surface area contributed by atoms with Crippen LogP contribution in [-0.4, -0.2) is 41.7 Å². The molecule has 6 heteroatoms. The molecule has 0 saturated carbocycles. The van der Waals surface area contributed by atoms with Crippen molar-refractivity contribution in [1.29, 1.82) is 0 Å². The second-order valence-electron chi connectivity index (χ2n) is 3.67. The molecule has 1 rings (SSSR count). The Balaban J connectivity index is 2.23. The average Bonchev–Trinajstić information content (AvgIpc) is 2.29. The molecular weight excluding hydrogens is 242 g/mol. The first kappa shape index (κ1) is 13.9. The van der Waals surface area contributed by atoms with Crippen LogP contribution in [0, 0.1) is 0 Å². The van der Waals surface area contributed by atoms with Crippen molar-refractivity contribution in [2.45, 2.75) is 13.0 Å². The number of amides is 1. The Morgan fingerprint density at radius 3 is 2.88 bits per heavy atom. The Morgan fingerprint density at radius 2 is 2.29 bits per heavy atom. The summed E-state index contributed by atoms with van der Waals surface area (Å²) in [5, 5.41) is 15.2. The van der Waals surface area contributed by atoms with E-state index in [1.807, 2.05) is 0 Å². The minimum atomic E-state index is -0.386. The molecule has 0 fully saturated rings. The van der Waals surface area contributed by atoms with Crippen LogP contribution in [0.25, 0.3) is 0 Å². The van der Waals surface area contributed by atoms with Gasteiger partial charge in [-0.3, -0.25) is 4.79 Å². The molecule has 1 heterocycles. The van der Waals surface area contributed by atoms with Crippen LogP contribution in [0.5, 0.6) is 0 Å². The molecule has 0 aliphatic carbocycles. The fourth-order valence-corrected chi connectivity index (χ4v) is 1.29. The Hall–Kier alpha value is -1.17. The first-order valence-corrected chi connectivity index (χ1v) is 5.76. The molecule has 0 bridgehead atoms. The van der Waals surface area contributed by atoms with Gasteiger partial charge in [0.05, 0.1) is 11.1 Å². The van der Waals surface area contributed by atoms with Gasteiger partial charge in [0.1, 0.15) is 5.69 Å². The quantitative estimate of drug-likeness (QED) is 0.647. The number of nitrogens with one attached hydrogen (secondary N) is 2. The molecule has 0 radical (unpaired) electrons. The van der Waals surface area contributed by atoms with Crippen LogP contribution >= 0.6 is 11.6 Å². The van der Waals surface area contributed by atoms with E-state index in [1.165, 1.54) is 6.20 Å². The molecular formula is C11H16ClN3O2. The SMILES string of the molecule is CC(O)CNCCNC(=O)c1ccc(Cl)cn1. The molecule has 5 nitrogen and oxygen atoms in total. The number of aliphatic hydroxyl groups is 1. The number of rotatable bonds is 6. The fourth-order valence-electron chi connectivity index (χ4n) is 1.18. The lowest BCUT2D eigenvalue weighted by atomic mass is 10.3. The molecule has 17 heavy (non-hydrogen) atoms. The second kappa shape index (κ2) is 7.21. The van der Waals surface area contributed by atoms with Gasteiger partial charge in [0, 0.05) is 25.8 Å². The maximum absolute atomic E-state index is 11.6. The van der Waals surface area contributed by atoms with Crippen molar-refractivity contribution in [2.75, 3.05) is 19.6 Å². The Morgan fingerprint density at radius 1 is 1.53 bits per heavy atom. The first-order chi connectivity index (χ1) is 8.09. The van der Waals surface area contributed by atoms with E-state index in [1.54, 1.807) is 19.1 Å². The molecule has 0 aromatic carbocycles. The van der Waals surface area contributed by atoms with E-state index >= 15 is 0 Å². The van der Waals surface area contributed by atoms with Gasteiger partial charge < -0.3 is 15.7 Å². The lowest BCUT2D eigenvalue weighted by Gasteiger charge is -2.07. The van der Waals surface area contributed by atoms with Gasteiger partial charge in [-0.2, -0.15) is 0 Å². The number of hydrogen-bond donors (Lipinski definition) is 3. The lowest BCUT2D eigenvalue weighted by molar-refractivity contribution is 0.0948. The predicted octanol–water partition coefficient (Wildman–Crippen LogP) is 0.435. The van der Waals surface area contributed by atoms with Crippen molar-refractivity contribution in [3.05, 3.63) is 29.0 Å². The van der Waals surface area contributed by atoms with Crippen LogP contribution in [-0.2, 0) is 0 Å². The van der Waals surface area contributed by atoms with E-state index in [-0.39, 0.29) is 12.0 Å². The van der Waals surface area contributed by atoms with Crippen LogP contribution in [0.1, 0.15) is 17.4 Å². The lowest BCUT2D eigenvalue weighted by Crippen LogP contribution is -2.34. The Bertz CT molecular complexity index is 354. The third-order valence-electron chi connectivity index (χ3n) is 1.99. The zero-order chi connectivity index (χ0) is 12.7. The van der Waals surface area contributed by atoms with Gasteiger partial charge in [-0.1, -0.05) is 11.6 Å². The number of pyridine rings is 1. The number of aliphatic hydroxyl groups excluding tert-OH is 1. The van der Waals surface area contributed by atoms with Crippen molar-refractivity contribution in [3.8, 4) is 0 Å². The number of hydrogen-bond acceptors (Lipinski definition) is 4. The highest BCUT2D eigenvalue weighted by atomic mass is 35.5. The van der Waals surface area contributed by atoms with Crippen molar-refractivity contribution >= 4 is 17.5 Å².